The smallest absolute Gasteiger partial charge is 0.138 e. The fourth-order valence-corrected chi connectivity index (χ4v) is 10.6. The molecule has 0 saturated heterocycles. The molecule has 0 aromatic carbocycles. The van der Waals surface area contributed by atoms with Crippen LogP contribution in [0.2, 0.25) is 0 Å². The first-order valence-corrected chi connectivity index (χ1v) is 13.9. The van der Waals surface area contributed by atoms with Crippen molar-refractivity contribution in [3.05, 3.63) is 11.6 Å². The molecular weight excluding hydrogens is 424 g/mol. The number of hydrogen-bond donors (Lipinski definition) is 3. The number of Topliss-reactive ketones (excluding diaryl/α,β-unsaturated/α-hetero) is 1. The van der Waals surface area contributed by atoms with Crippen LogP contribution in [0.5, 0.6) is 0 Å². The highest BCUT2D eigenvalue weighted by molar-refractivity contribution is 5.85. The number of rotatable bonds is 2. The van der Waals surface area contributed by atoms with Crippen LogP contribution in [0.25, 0.3) is 0 Å². The number of allylic oxidation sites excluding steroid dienone is 2. The number of ketones is 1. The van der Waals surface area contributed by atoms with Gasteiger partial charge in [-0.05, 0) is 98.7 Å². The molecule has 192 valence electrons. The summed E-state index contributed by atoms with van der Waals surface area (Å²) in [6, 6.07) is 0. The molecule has 34 heavy (non-hydrogen) atoms. The van der Waals surface area contributed by atoms with Crippen molar-refractivity contribution in [3.8, 4) is 0 Å². The first kappa shape index (κ1) is 25.0. The van der Waals surface area contributed by atoms with Gasteiger partial charge in [0.1, 0.15) is 5.78 Å². The lowest BCUT2D eigenvalue weighted by Gasteiger charge is -2.63. The zero-order chi connectivity index (χ0) is 25.1. The molecule has 0 unspecified atom stereocenters. The highest BCUT2D eigenvalue weighted by atomic mass is 16.3. The summed E-state index contributed by atoms with van der Waals surface area (Å²) in [6.45, 7) is 15.2. The van der Waals surface area contributed by atoms with E-state index in [0.717, 1.165) is 44.9 Å². The Hall–Kier alpha value is -0.710. The topological polar surface area (TPSA) is 77.8 Å². The summed E-state index contributed by atoms with van der Waals surface area (Å²) in [5.74, 6) is 1.23. The lowest BCUT2D eigenvalue weighted by molar-refractivity contribution is -0.146. The highest BCUT2D eigenvalue weighted by Gasteiger charge is 2.68. The third-order valence-electron chi connectivity index (χ3n) is 12.7. The van der Waals surface area contributed by atoms with Crippen molar-refractivity contribution in [2.45, 2.75) is 118 Å². The highest BCUT2D eigenvalue weighted by Crippen LogP contribution is 2.73. The summed E-state index contributed by atoms with van der Waals surface area (Å²) in [5.41, 5.74) is 0.338. The van der Waals surface area contributed by atoms with Crippen LogP contribution in [0, 0.1) is 51.2 Å². The molecule has 0 radical (unpaired) electrons. The Balaban J connectivity index is 1.51. The van der Waals surface area contributed by atoms with Gasteiger partial charge in [-0.3, -0.25) is 4.79 Å². The lowest BCUT2D eigenvalue weighted by Crippen LogP contribution is -2.57. The Morgan fingerprint density at radius 2 is 1.68 bits per heavy atom. The van der Waals surface area contributed by atoms with Crippen LogP contribution in [-0.4, -0.2) is 38.9 Å². The summed E-state index contributed by atoms with van der Waals surface area (Å²) >= 11 is 0. The van der Waals surface area contributed by atoms with E-state index >= 15 is 0 Å². The molecule has 0 heterocycles. The quantitative estimate of drug-likeness (QED) is 0.477. The zero-order valence-electron chi connectivity index (χ0n) is 22.5. The van der Waals surface area contributed by atoms with E-state index in [1.54, 1.807) is 5.57 Å². The Morgan fingerprint density at radius 3 is 2.29 bits per heavy atom. The van der Waals surface area contributed by atoms with Crippen LogP contribution >= 0.6 is 0 Å². The molecular formula is C30H48O4. The fourth-order valence-electron chi connectivity index (χ4n) is 10.6. The SMILES string of the molecule is CC(C)(O)[C@@H]1CC[C@H]([C@@H]2[C@@H](O)C[C@]3(C)C4=CC[C@H]5C(C)(C)C(=O)CC[C@]5(C)[C@H]4CC[C@@]23C)[C@@H]1O. The molecule has 3 N–H and O–H groups in total. The van der Waals surface area contributed by atoms with E-state index in [0.29, 0.717) is 24.0 Å². The minimum Gasteiger partial charge on any atom is -0.393 e. The van der Waals surface area contributed by atoms with Crippen LogP contribution in [0.3, 0.4) is 0 Å². The van der Waals surface area contributed by atoms with Gasteiger partial charge in [0, 0.05) is 17.8 Å². The predicted octanol–water partition coefficient (Wildman–Crippen LogP) is 5.29. The average molecular weight is 473 g/mol. The summed E-state index contributed by atoms with van der Waals surface area (Å²) < 4.78 is 0. The van der Waals surface area contributed by atoms with Crippen molar-refractivity contribution < 1.29 is 20.1 Å². The normalized spacial score (nSPS) is 52.6. The number of carbonyl (C=O) groups is 1. The zero-order valence-corrected chi connectivity index (χ0v) is 22.5. The summed E-state index contributed by atoms with van der Waals surface area (Å²) in [4.78, 5) is 12.8. The molecule has 5 aliphatic rings. The van der Waals surface area contributed by atoms with Gasteiger partial charge in [0.25, 0.3) is 0 Å². The van der Waals surface area contributed by atoms with Gasteiger partial charge in [-0.2, -0.15) is 0 Å². The van der Waals surface area contributed by atoms with Crippen LogP contribution in [0.4, 0.5) is 0 Å². The largest absolute Gasteiger partial charge is 0.393 e. The molecule has 10 atom stereocenters. The van der Waals surface area contributed by atoms with Crippen LogP contribution in [0.15, 0.2) is 11.6 Å². The van der Waals surface area contributed by atoms with Gasteiger partial charge in [0.2, 0.25) is 0 Å². The van der Waals surface area contributed by atoms with Crippen molar-refractivity contribution in [3.63, 3.8) is 0 Å². The molecule has 0 aliphatic heterocycles. The molecule has 0 spiro atoms. The van der Waals surface area contributed by atoms with Crippen molar-refractivity contribution >= 4 is 5.78 Å². The van der Waals surface area contributed by atoms with Gasteiger partial charge in [0.05, 0.1) is 17.8 Å². The number of fused-ring (bicyclic) bond motifs is 5. The van der Waals surface area contributed by atoms with Gasteiger partial charge in [-0.1, -0.05) is 46.3 Å². The monoisotopic (exact) mass is 472 g/mol. The predicted molar refractivity (Wildman–Crippen MR) is 134 cm³/mol. The van der Waals surface area contributed by atoms with E-state index in [9.17, 15) is 20.1 Å². The standard InChI is InChI=1S/C30H48O4/c1-26(2)22-11-10-19-18(28(22,5)14-13-23(26)32)12-15-29(6)24(21(31)16-30(19,29)7)17-8-9-20(25(17)33)27(3,4)34/h10,17-18,20-22,24-25,31,33-34H,8-9,11-16H2,1-7H3/t17-,18+,20-,21+,22+,24-,25+,28-,29+,30-/m1/s1. The maximum atomic E-state index is 12.8. The van der Waals surface area contributed by atoms with Crippen molar-refractivity contribution in [2.75, 3.05) is 0 Å². The van der Waals surface area contributed by atoms with E-state index in [2.05, 4.69) is 40.7 Å². The minimum absolute atomic E-state index is 0.0357. The molecule has 4 heteroatoms. The van der Waals surface area contributed by atoms with Crippen molar-refractivity contribution in [1.82, 2.24) is 0 Å². The van der Waals surface area contributed by atoms with E-state index in [-0.39, 0.29) is 39.4 Å². The molecule has 0 aromatic rings. The number of carbonyl (C=O) groups excluding carboxylic acids is 1. The Kier molecular flexibility index (Phi) is 5.44. The maximum Gasteiger partial charge on any atom is 0.138 e. The van der Waals surface area contributed by atoms with Gasteiger partial charge in [-0.25, -0.2) is 0 Å². The molecule has 5 rings (SSSR count). The summed E-state index contributed by atoms with van der Waals surface area (Å²) in [5, 5.41) is 33.6. The van der Waals surface area contributed by atoms with Crippen molar-refractivity contribution in [2.24, 2.45) is 51.2 Å². The number of aliphatic hydroxyl groups is 3. The number of hydrogen-bond acceptors (Lipinski definition) is 4. The van der Waals surface area contributed by atoms with Gasteiger partial charge < -0.3 is 15.3 Å². The Bertz CT molecular complexity index is 898. The second kappa shape index (κ2) is 7.42. The number of aliphatic hydroxyl groups excluding tert-OH is 2. The van der Waals surface area contributed by atoms with E-state index < -0.39 is 17.8 Å². The lowest BCUT2D eigenvalue weighted by atomic mass is 9.41. The van der Waals surface area contributed by atoms with Gasteiger partial charge in [-0.15, -0.1) is 0 Å². The summed E-state index contributed by atoms with van der Waals surface area (Å²) in [6.07, 6.45) is 8.74. The van der Waals surface area contributed by atoms with Gasteiger partial charge >= 0.3 is 0 Å². The van der Waals surface area contributed by atoms with Crippen LogP contribution < -0.4 is 0 Å². The van der Waals surface area contributed by atoms with Gasteiger partial charge in [0.15, 0.2) is 0 Å². The average Bonchev–Trinajstić information content (AvgIpc) is 3.19. The van der Waals surface area contributed by atoms with Crippen molar-refractivity contribution in [1.29, 1.82) is 0 Å². The van der Waals surface area contributed by atoms with Crippen LogP contribution in [-0.2, 0) is 4.79 Å². The molecule has 0 amide bonds. The minimum atomic E-state index is -0.902. The van der Waals surface area contributed by atoms with E-state index in [4.69, 9.17) is 0 Å². The first-order valence-electron chi connectivity index (χ1n) is 13.9. The molecule has 4 saturated carbocycles. The molecule has 5 aliphatic carbocycles. The second-order valence-electron chi connectivity index (χ2n) is 14.7. The Labute approximate surface area is 206 Å². The molecule has 0 aromatic heterocycles. The fraction of sp³-hybridized carbons (Fsp3) is 0.900. The molecule has 4 fully saturated rings. The second-order valence-corrected chi connectivity index (χ2v) is 14.7. The Morgan fingerprint density at radius 1 is 1.00 bits per heavy atom. The molecule has 0 bridgehead atoms. The summed E-state index contributed by atoms with van der Waals surface area (Å²) in [7, 11) is 0. The molecule has 4 nitrogen and oxygen atoms in total. The maximum absolute atomic E-state index is 12.8. The van der Waals surface area contributed by atoms with Crippen LogP contribution in [0.1, 0.15) is 99.8 Å². The van der Waals surface area contributed by atoms with E-state index in [1.807, 2.05) is 13.8 Å². The first-order chi connectivity index (χ1) is 15.6. The third-order valence-corrected chi connectivity index (χ3v) is 12.7. The van der Waals surface area contributed by atoms with E-state index in [1.165, 1.54) is 0 Å². The third kappa shape index (κ3) is 3.03.